The van der Waals surface area contributed by atoms with E-state index in [-0.39, 0.29) is 0 Å². The van der Waals surface area contributed by atoms with Gasteiger partial charge in [-0.2, -0.15) is 0 Å². The summed E-state index contributed by atoms with van der Waals surface area (Å²) in [7, 11) is 0. The standard InChI is InChI=1S/C15H13N3/c16-18-14(12-7-3-1-4-8-12)11-17-15(18)13-9-5-2-6-10-13/h1-11H,16H2. The minimum absolute atomic E-state index is 0.773. The molecule has 0 spiro atoms. The van der Waals surface area contributed by atoms with Crippen LogP contribution in [0.3, 0.4) is 0 Å². The molecular formula is C15H13N3. The SMILES string of the molecule is Nn1c(-c2ccccc2)cnc1-c1ccccc1. The smallest absolute Gasteiger partial charge is 0.158 e. The number of hydrogen-bond donors (Lipinski definition) is 1. The Labute approximate surface area is 105 Å². The van der Waals surface area contributed by atoms with Crippen LogP contribution in [0.15, 0.2) is 66.9 Å². The molecule has 0 aliphatic carbocycles. The number of benzene rings is 2. The molecule has 0 aliphatic heterocycles. The molecule has 0 bridgehead atoms. The molecule has 18 heavy (non-hydrogen) atoms. The molecule has 3 heteroatoms. The highest BCUT2D eigenvalue weighted by Crippen LogP contribution is 2.23. The summed E-state index contributed by atoms with van der Waals surface area (Å²) < 4.78 is 1.63. The lowest BCUT2D eigenvalue weighted by Gasteiger charge is -2.05. The number of imidazole rings is 1. The maximum atomic E-state index is 6.12. The van der Waals surface area contributed by atoms with E-state index in [1.807, 2.05) is 60.7 Å². The third kappa shape index (κ3) is 1.76. The summed E-state index contributed by atoms with van der Waals surface area (Å²) in [4.78, 5) is 4.40. The molecule has 3 rings (SSSR count). The molecule has 0 aliphatic rings. The molecule has 1 aromatic heterocycles. The summed E-state index contributed by atoms with van der Waals surface area (Å²) in [6.45, 7) is 0. The summed E-state index contributed by atoms with van der Waals surface area (Å²) in [6.07, 6.45) is 1.80. The maximum Gasteiger partial charge on any atom is 0.158 e. The highest BCUT2D eigenvalue weighted by molar-refractivity contribution is 5.65. The Bertz CT molecular complexity index is 585. The maximum absolute atomic E-state index is 6.12. The van der Waals surface area contributed by atoms with Gasteiger partial charge in [0.15, 0.2) is 5.82 Å². The Morgan fingerprint density at radius 1 is 0.778 bits per heavy atom. The average molecular weight is 235 g/mol. The Morgan fingerprint density at radius 2 is 1.33 bits per heavy atom. The number of rotatable bonds is 2. The van der Waals surface area contributed by atoms with Crippen molar-refractivity contribution >= 4 is 0 Å². The van der Waals surface area contributed by atoms with E-state index in [2.05, 4.69) is 4.98 Å². The van der Waals surface area contributed by atoms with Gasteiger partial charge >= 0.3 is 0 Å². The zero-order valence-electron chi connectivity index (χ0n) is 9.82. The van der Waals surface area contributed by atoms with E-state index in [0.29, 0.717) is 0 Å². The molecule has 3 nitrogen and oxygen atoms in total. The quantitative estimate of drug-likeness (QED) is 0.694. The summed E-state index contributed by atoms with van der Waals surface area (Å²) in [5, 5.41) is 0. The van der Waals surface area contributed by atoms with Crippen molar-refractivity contribution < 1.29 is 0 Å². The molecule has 0 atom stereocenters. The van der Waals surface area contributed by atoms with E-state index < -0.39 is 0 Å². The summed E-state index contributed by atoms with van der Waals surface area (Å²) in [5.41, 5.74) is 2.99. The van der Waals surface area contributed by atoms with E-state index in [1.165, 1.54) is 0 Å². The highest BCUT2D eigenvalue weighted by Gasteiger charge is 2.10. The number of nitrogens with two attached hydrogens (primary N) is 1. The zero-order valence-corrected chi connectivity index (χ0v) is 9.82. The fraction of sp³-hybridized carbons (Fsp3) is 0. The first-order valence-corrected chi connectivity index (χ1v) is 5.80. The molecule has 0 unspecified atom stereocenters. The average Bonchev–Trinajstić information content (AvgIpc) is 2.83. The van der Waals surface area contributed by atoms with Crippen LogP contribution in [0.2, 0.25) is 0 Å². The van der Waals surface area contributed by atoms with Gasteiger partial charge in [0, 0.05) is 11.1 Å². The van der Waals surface area contributed by atoms with Crippen LogP contribution < -0.4 is 5.84 Å². The van der Waals surface area contributed by atoms with Gasteiger partial charge in [0.2, 0.25) is 0 Å². The van der Waals surface area contributed by atoms with Gasteiger partial charge in [-0.25, -0.2) is 9.66 Å². The normalized spacial score (nSPS) is 10.4. The molecule has 0 saturated heterocycles. The fourth-order valence-corrected chi connectivity index (χ4v) is 1.98. The largest absolute Gasteiger partial charge is 0.337 e. The summed E-state index contributed by atoms with van der Waals surface area (Å²) in [5.74, 6) is 6.89. The van der Waals surface area contributed by atoms with Crippen LogP contribution in [0, 0.1) is 0 Å². The number of nitrogens with zero attached hydrogens (tertiary/aromatic N) is 2. The van der Waals surface area contributed by atoms with Crippen LogP contribution in [0.4, 0.5) is 0 Å². The van der Waals surface area contributed by atoms with Crippen LogP contribution in [0.1, 0.15) is 0 Å². The van der Waals surface area contributed by atoms with Crippen LogP contribution in [-0.2, 0) is 0 Å². The minimum Gasteiger partial charge on any atom is -0.337 e. The molecule has 2 aromatic carbocycles. The van der Waals surface area contributed by atoms with Crippen molar-refractivity contribution in [2.75, 3.05) is 5.84 Å². The molecule has 2 N–H and O–H groups in total. The van der Waals surface area contributed by atoms with Crippen molar-refractivity contribution in [3.63, 3.8) is 0 Å². The van der Waals surface area contributed by atoms with Gasteiger partial charge in [-0.3, -0.25) is 0 Å². The van der Waals surface area contributed by atoms with Gasteiger partial charge in [0.05, 0.1) is 11.9 Å². The van der Waals surface area contributed by atoms with Crippen molar-refractivity contribution in [1.29, 1.82) is 0 Å². The topological polar surface area (TPSA) is 43.8 Å². The van der Waals surface area contributed by atoms with E-state index in [0.717, 1.165) is 22.6 Å². The molecule has 0 amide bonds. The van der Waals surface area contributed by atoms with Crippen LogP contribution in [0.25, 0.3) is 22.6 Å². The summed E-state index contributed by atoms with van der Waals surface area (Å²) >= 11 is 0. The molecular weight excluding hydrogens is 222 g/mol. The summed E-state index contributed by atoms with van der Waals surface area (Å²) in [6, 6.07) is 19.9. The van der Waals surface area contributed by atoms with Gasteiger partial charge in [-0.1, -0.05) is 60.7 Å². The van der Waals surface area contributed by atoms with E-state index in [4.69, 9.17) is 5.84 Å². The molecule has 3 aromatic rings. The number of aromatic nitrogens is 2. The van der Waals surface area contributed by atoms with Crippen molar-refractivity contribution in [2.24, 2.45) is 0 Å². The van der Waals surface area contributed by atoms with E-state index in [1.54, 1.807) is 10.9 Å². The molecule has 0 saturated carbocycles. The lowest BCUT2D eigenvalue weighted by Crippen LogP contribution is -2.11. The van der Waals surface area contributed by atoms with Crippen molar-refractivity contribution in [1.82, 2.24) is 9.66 Å². The van der Waals surface area contributed by atoms with Crippen molar-refractivity contribution in [2.45, 2.75) is 0 Å². The van der Waals surface area contributed by atoms with Gasteiger partial charge in [0.25, 0.3) is 0 Å². The van der Waals surface area contributed by atoms with Crippen molar-refractivity contribution in [3.05, 3.63) is 66.9 Å². The lowest BCUT2D eigenvalue weighted by molar-refractivity contribution is 1.02. The van der Waals surface area contributed by atoms with Crippen LogP contribution in [-0.4, -0.2) is 9.66 Å². The molecule has 0 fully saturated rings. The highest BCUT2D eigenvalue weighted by atomic mass is 15.3. The minimum atomic E-state index is 0.773. The third-order valence-corrected chi connectivity index (χ3v) is 2.90. The van der Waals surface area contributed by atoms with Crippen LogP contribution >= 0.6 is 0 Å². The third-order valence-electron chi connectivity index (χ3n) is 2.90. The number of hydrogen-bond acceptors (Lipinski definition) is 2. The second kappa shape index (κ2) is 4.37. The van der Waals surface area contributed by atoms with Gasteiger partial charge in [0.1, 0.15) is 0 Å². The van der Waals surface area contributed by atoms with Crippen LogP contribution in [0.5, 0.6) is 0 Å². The zero-order chi connectivity index (χ0) is 12.4. The Kier molecular flexibility index (Phi) is 2.57. The lowest BCUT2D eigenvalue weighted by atomic mass is 10.2. The Balaban J connectivity index is 2.09. The monoisotopic (exact) mass is 235 g/mol. The van der Waals surface area contributed by atoms with E-state index >= 15 is 0 Å². The Morgan fingerprint density at radius 3 is 1.94 bits per heavy atom. The second-order valence-corrected chi connectivity index (χ2v) is 4.07. The van der Waals surface area contributed by atoms with Gasteiger partial charge in [-0.05, 0) is 0 Å². The first-order valence-electron chi connectivity index (χ1n) is 5.80. The number of nitrogen functional groups attached to an aromatic ring is 1. The molecule has 1 heterocycles. The van der Waals surface area contributed by atoms with Crippen molar-refractivity contribution in [3.8, 4) is 22.6 Å². The van der Waals surface area contributed by atoms with Gasteiger partial charge in [-0.15, -0.1) is 0 Å². The predicted molar refractivity (Wildman–Crippen MR) is 73.2 cm³/mol. The molecule has 0 radical (unpaired) electrons. The predicted octanol–water partition coefficient (Wildman–Crippen LogP) is 2.93. The first kappa shape index (κ1) is 10.6. The van der Waals surface area contributed by atoms with E-state index in [9.17, 15) is 0 Å². The molecule has 88 valence electrons. The first-order chi connectivity index (χ1) is 8.86. The fourth-order valence-electron chi connectivity index (χ4n) is 1.98. The Hall–Kier alpha value is -2.55. The second-order valence-electron chi connectivity index (χ2n) is 4.07. The van der Waals surface area contributed by atoms with Gasteiger partial charge < -0.3 is 5.84 Å².